The van der Waals surface area contributed by atoms with E-state index in [2.05, 4.69) is 19.2 Å². The van der Waals surface area contributed by atoms with E-state index in [-0.39, 0.29) is 17.9 Å². The molecule has 1 rings (SSSR count). The molecule has 5 heteroatoms. The van der Waals surface area contributed by atoms with E-state index in [4.69, 9.17) is 0 Å². The molecule has 3 nitrogen and oxygen atoms in total. The number of piperidine rings is 1. The number of halogens is 2. The fourth-order valence-electron chi connectivity index (χ4n) is 1.95. The first-order valence-corrected chi connectivity index (χ1v) is 7.12. The first kappa shape index (κ1) is 18.3. The number of carbonyl (C=O) groups excluding carboxylic acids is 1. The largest absolute Gasteiger partial charge is 0.359 e. The van der Waals surface area contributed by atoms with Crippen molar-refractivity contribution >= 4 is 5.91 Å². The maximum Gasteiger partial charge on any atom is 0.251 e. The van der Waals surface area contributed by atoms with Crippen LogP contribution in [-0.2, 0) is 4.79 Å². The van der Waals surface area contributed by atoms with Crippen molar-refractivity contribution in [1.29, 1.82) is 0 Å². The third-order valence-corrected chi connectivity index (χ3v) is 3.63. The molecular weight excluding hydrogens is 250 g/mol. The summed E-state index contributed by atoms with van der Waals surface area (Å²) >= 11 is 0. The first-order chi connectivity index (χ1) is 8.89. The van der Waals surface area contributed by atoms with Gasteiger partial charge in [-0.25, -0.2) is 8.78 Å². The maximum atomic E-state index is 12.1. The number of carbonyl (C=O) groups is 1. The Bertz CT molecular complexity index is 250. The molecule has 1 aliphatic heterocycles. The quantitative estimate of drug-likeness (QED) is 0.857. The Morgan fingerprint density at radius 3 is 2.05 bits per heavy atom. The lowest BCUT2D eigenvalue weighted by Crippen LogP contribution is -2.47. The molecule has 1 aliphatic rings. The van der Waals surface area contributed by atoms with E-state index in [1.807, 2.05) is 6.92 Å². The average Bonchev–Trinajstić information content (AvgIpc) is 2.40. The highest BCUT2D eigenvalue weighted by atomic mass is 19.3. The zero-order valence-electron chi connectivity index (χ0n) is 12.6. The number of alkyl halides is 2. The zero-order valence-corrected chi connectivity index (χ0v) is 12.6. The van der Waals surface area contributed by atoms with E-state index >= 15 is 0 Å². The minimum absolute atomic E-state index is 0.0131. The van der Waals surface area contributed by atoms with Crippen LogP contribution >= 0.6 is 0 Å². The van der Waals surface area contributed by atoms with Crippen molar-refractivity contribution in [2.45, 2.75) is 52.9 Å². The second kappa shape index (κ2) is 9.23. The summed E-state index contributed by atoms with van der Waals surface area (Å²) in [6.07, 6.45) is 1.66. The summed E-state index contributed by atoms with van der Waals surface area (Å²) in [5.74, 6) is 0.0131. The van der Waals surface area contributed by atoms with Crippen LogP contribution in [0.15, 0.2) is 0 Å². The van der Waals surface area contributed by atoms with Crippen molar-refractivity contribution < 1.29 is 13.6 Å². The van der Waals surface area contributed by atoms with Gasteiger partial charge in [0.2, 0.25) is 5.91 Å². The number of likely N-dealkylation sites (tertiary alicyclic amines) is 1. The zero-order chi connectivity index (χ0) is 14.9. The van der Waals surface area contributed by atoms with E-state index in [1.165, 1.54) is 12.8 Å². The lowest BCUT2D eigenvalue weighted by Gasteiger charge is -2.37. The molecule has 1 saturated heterocycles. The molecule has 1 N–H and O–H groups in total. The highest BCUT2D eigenvalue weighted by Gasteiger charge is 2.36. The summed E-state index contributed by atoms with van der Waals surface area (Å²) in [5, 5.41) is 2.63. The summed E-state index contributed by atoms with van der Waals surface area (Å²) in [7, 11) is 1.61. The lowest BCUT2D eigenvalue weighted by atomic mass is 9.79. The monoisotopic (exact) mass is 278 g/mol. The van der Waals surface area contributed by atoms with Crippen molar-refractivity contribution in [3.05, 3.63) is 0 Å². The second-order valence-corrected chi connectivity index (χ2v) is 5.33. The smallest absolute Gasteiger partial charge is 0.251 e. The SMILES string of the molecule is CCCC.CNC(=O)C1(C)CCN(CC(F)F)CC1. The van der Waals surface area contributed by atoms with Crippen LogP contribution in [0, 0.1) is 5.41 Å². The van der Waals surface area contributed by atoms with Gasteiger partial charge >= 0.3 is 0 Å². The molecule has 0 aromatic rings. The van der Waals surface area contributed by atoms with Crippen LogP contribution in [0.4, 0.5) is 8.78 Å². The normalized spacial score (nSPS) is 18.7. The van der Waals surface area contributed by atoms with Crippen LogP contribution in [0.2, 0.25) is 0 Å². The molecule has 114 valence electrons. The van der Waals surface area contributed by atoms with Crippen LogP contribution in [0.1, 0.15) is 46.5 Å². The number of unbranched alkanes of at least 4 members (excludes halogenated alkanes) is 1. The summed E-state index contributed by atoms with van der Waals surface area (Å²) in [5.41, 5.74) is -0.382. The molecular formula is C14H28F2N2O. The molecule has 0 aliphatic carbocycles. The molecule has 1 fully saturated rings. The van der Waals surface area contributed by atoms with Crippen LogP contribution in [0.25, 0.3) is 0 Å². The van der Waals surface area contributed by atoms with Gasteiger partial charge in [0.1, 0.15) is 0 Å². The van der Waals surface area contributed by atoms with Crippen molar-refractivity contribution in [2.75, 3.05) is 26.7 Å². The van der Waals surface area contributed by atoms with E-state index in [1.54, 1.807) is 11.9 Å². The summed E-state index contributed by atoms with van der Waals surface area (Å²) < 4.78 is 24.2. The van der Waals surface area contributed by atoms with Crippen molar-refractivity contribution in [3.63, 3.8) is 0 Å². The van der Waals surface area contributed by atoms with Gasteiger partial charge in [-0.2, -0.15) is 0 Å². The Labute approximate surface area is 115 Å². The van der Waals surface area contributed by atoms with E-state index in [0.29, 0.717) is 25.9 Å². The Morgan fingerprint density at radius 1 is 1.26 bits per heavy atom. The number of nitrogens with one attached hydrogen (secondary N) is 1. The average molecular weight is 278 g/mol. The summed E-state index contributed by atoms with van der Waals surface area (Å²) in [6, 6.07) is 0. The predicted octanol–water partition coefficient (Wildman–Crippen LogP) is 2.91. The van der Waals surface area contributed by atoms with E-state index < -0.39 is 6.43 Å². The van der Waals surface area contributed by atoms with Gasteiger partial charge in [-0.15, -0.1) is 0 Å². The minimum atomic E-state index is -2.28. The Hall–Kier alpha value is -0.710. The van der Waals surface area contributed by atoms with Gasteiger partial charge < -0.3 is 5.32 Å². The topological polar surface area (TPSA) is 32.3 Å². The highest BCUT2D eigenvalue weighted by molar-refractivity contribution is 5.82. The van der Waals surface area contributed by atoms with Gasteiger partial charge in [0.05, 0.1) is 6.54 Å². The van der Waals surface area contributed by atoms with Crippen LogP contribution in [0.5, 0.6) is 0 Å². The minimum Gasteiger partial charge on any atom is -0.359 e. The Balaban J connectivity index is 0.000000711. The molecule has 0 unspecified atom stereocenters. The fraction of sp³-hybridized carbons (Fsp3) is 0.929. The molecule has 0 aromatic carbocycles. The third kappa shape index (κ3) is 6.85. The molecule has 0 atom stereocenters. The van der Waals surface area contributed by atoms with Gasteiger partial charge in [-0.1, -0.05) is 33.6 Å². The number of hydrogen-bond donors (Lipinski definition) is 1. The van der Waals surface area contributed by atoms with Gasteiger partial charge in [-0.3, -0.25) is 9.69 Å². The molecule has 0 spiro atoms. The van der Waals surface area contributed by atoms with Gasteiger partial charge in [-0.05, 0) is 25.9 Å². The highest BCUT2D eigenvalue weighted by Crippen LogP contribution is 2.31. The molecule has 19 heavy (non-hydrogen) atoms. The Kier molecular flexibility index (Phi) is 8.89. The number of amides is 1. The van der Waals surface area contributed by atoms with Crippen molar-refractivity contribution in [1.82, 2.24) is 10.2 Å². The maximum absolute atomic E-state index is 12.1. The predicted molar refractivity (Wildman–Crippen MR) is 74.4 cm³/mol. The van der Waals surface area contributed by atoms with Crippen LogP contribution < -0.4 is 5.32 Å². The molecule has 0 radical (unpaired) electrons. The second-order valence-electron chi connectivity index (χ2n) is 5.33. The summed E-state index contributed by atoms with van der Waals surface area (Å²) in [4.78, 5) is 13.3. The standard InChI is InChI=1S/C10H18F2N2O.C4H10/c1-10(9(15)13-2)3-5-14(6-4-10)7-8(11)12;1-3-4-2/h8H,3-7H2,1-2H3,(H,13,15);3-4H2,1-2H3. The molecule has 1 amide bonds. The van der Waals surface area contributed by atoms with Gasteiger partial charge in [0.15, 0.2) is 0 Å². The third-order valence-electron chi connectivity index (χ3n) is 3.63. The molecule has 0 aromatic heterocycles. The van der Waals surface area contributed by atoms with Gasteiger partial charge in [0, 0.05) is 12.5 Å². The van der Waals surface area contributed by atoms with Crippen LogP contribution in [0.3, 0.4) is 0 Å². The Morgan fingerprint density at radius 2 is 1.74 bits per heavy atom. The molecule has 0 bridgehead atoms. The fourth-order valence-corrected chi connectivity index (χ4v) is 1.95. The van der Waals surface area contributed by atoms with Crippen LogP contribution in [-0.4, -0.2) is 43.9 Å². The summed E-state index contributed by atoms with van der Waals surface area (Å²) in [6.45, 7) is 7.23. The van der Waals surface area contributed by atoms with Crippen molar-refractivity contribution in [3.8, 4) is 0 Å². The molecule has 0 saturated carbocycles. The number of hydrogen-bond acceptors (Lipinski definition) is 2. The van der Waals surface area contributed by atoms with E-state index in [9.17, 15) is 13.6 Å². The lowest BCUT2D eigenvalue weighted by molar-refractivity contribution is -0.132. The van der Waals surface area contributed by atoms with Gasteiger partial charge in [0.25, 0.3) is 6.43 Å². The molecule has 1 heterocycles. The van der Waals surface area contributed by atoms with E-state index in [0.717, 1.165) is 0 Å². The number of rotatable bonds is 4. The number of nitrogens with zero attached hydrogens (tertiary/aromatic N) is 1. The first-order valence-electron chi connectivity index (χ1n) is 7.12. The van der Waals surface area contributed by atoms with Crippen molar-refractivity contribution in [2.24, 2.45) is 5.41 Å².